The first-order valence-corrected chi connectivity index (χ1v) is 6.24. The Balaban J connectivity index is 2.36. The molecule has 0 spiro atoms. The van der Waals surface area contributed by atoms with Crippen LogP contribution in [-0.4, -0.2) is 24.1 Å². The zero-order chi connectivity index (χ0) is 14.0. The number of nitrogens with zero attached hydrogens (tertiary/aromatic N) is 2. The Bertz CT molecular complexity index is 476. The van der Waals surface area contributed by atoms with Gasteiger partial charge >= 0.3 is 0 Å². The van der Waals surface area contributed by atoms with Gasteiger partial charge in [0.1, 0.15) is 17.3 Å². The molecule has 1 aliphatic carbocycles. The summed E-state index contributed by atoms with van der Waals surface area (Å²) in [4.78, 5) is 1.65. The van der Waals surface area contributed by atoms with Gasteiger partial charge in [0.25, 0.3) is 0 Å². The summed E-state index contributed by atoms with van der Waals surface area (Å²) in [6, 6.07) is 2.33. The van der Waals surface area contributed by atoms with Crippen molar-refractivity contribution in [2.45, 2.75) is 31.7 Å². The molecule has 0 unspecified atom stereocenters. The summed E-state index contributed by atoms with van der Waals surface area (Å²) in [6.07, 6.45) is 4.05. The van der Waals surface area contributed by atoms with Crippen LogP contribution in [0, 0.1) is 11.6 Å². The van der Waals surface area contributed by atoms with Gasteiger partial charge in [0.15, 0.2) is 5.84 Å². The number of hydrogen-bond acceptors (Lipinski definition) is 3. The second-order valence-corrected chi connectivity index (χ2v) is 4.82. The van der Waals surface area contributed by atoms with Crippen molar-refractivity contribution < 1.29 is 14.0 Å². The highest BCUT2D eigenvalue weighted by Crippen LogP contribution is 2.31. The van der Waals surface area contributed by atoms with E-state index >= 15 is 0 Å². The standard InChI is InChI=1S/C13H17F2N3O/c1-18(9-4-2-3-5-9)12-10(14)6-8(7-11(12)15)13(16)17-19/h6-7,9,19H,2-5H2,1H3,(H2,16,17). The van der Waals surface area contributed by atoms with Gasteiger partial charge in [-0.2, -0.15) is 0 Å². The van der Waals surface area contributed by atoms with Gasteiger partial charge in [0.2, 0.25) is 0 Å². The summed E-state index contributed by atoms with van der Waals surface area (Å²) in [5, 5.41) is 11.3. The van der Waals surface area contributed by atoms with E-state index < -0.39 is 11.6 Å². The number of oxime groups is 1. The molecule has 19 heavy (non-hydrogen) atoms. The zero-order valence-corrected chi connectivity index (χ0v) is 10.7. The fourth-order valence-electron chi connectivity index (χ4n) is 2.58. The highest BCUT2D eigenvalue weighted by atomic mass is 19.1. The van der Waals surface area contributed by atoms with Gasteiger partial charge in [0.05, 0.1) is 0 Å². The maximum absolute atomic E-state index is 14.0. The molecule has 0 radical (unpaired) electrons. The molecular weight excluding hydrogens is 252 g/mol. The molecule has 104 valence electrons. The normalized spacial score (nSPS) is 16.9. The van der Waals surface area contributed by atoms with Gasteiger partial charge in [-0.15, -0.1) is 0 Å². The van der Waals surface area contributed by atoms with Gasteiger partial charge in [-0.3, -0.25) is 0 Å². The average Bonchev–Trinajstić information content (AvgIpc) is 2.90. The molecule has 1 aromatic rings. The molecule has 0 heterocycles. The Labute approximate surface area is 110 Å². The second kappa shape index (κ2) is 5.42. The van der Waals surface area contributed by atoms with E-state index in [9.17, 15) is 8.78 Å². The fourth-order valence-corrected chi connectivity index (χ4v) is 2.58. The average molecular weight is 269 g/mol. The predicted molar refractivity (Wildman–Crippen MR) is 69.5 cm³/mol. The molecule has 0 atom stereocenters. The summed E-state index contributed by atoms with van der Waals surface area (Å²) in [6.45, 7) is 0. The van der Waals surface area contributed by atoms with E-state index in [1.54, 1.807) is 11.9 Å². The second-order valence-electron chi connectivity index (χ2n) is 4.82. The molecule has 4 nitrogen and oxygen atoms in total. The van der Waals surface area contributed by atoms with Crippen LogP contribution in [0.15, 0.2) is 17.3 Å². The fraction of sp³-hybridized carbons (Fsp3) is 0.462. The van der Waals surface area contributed by atoms with Crippen LogP contribution in [0.4, 0.5) is 14.5 Å². The molecule has 0 saturated heterocycles. The third-order valence-electron chi connectivity index (χ3n) is 3.65. The van der Waals surface area contributed by atoms with E-state index in [4.69, 9.17) is 10.9 Å². The highest BCUT2D eigenvalue weighted by molar-refractivity contribution is 5.97. The van der Waals surface area contributed by atoms with Crippen LogP contribution in [0.5, 0.6) is 0 Å². The lowest BCUT2D eigenvalue weighted by Crippen LogP contribution is -2.30. The Morgan fingerprint density at radius 1 is 1.32 bits per heavy atom. The molecule has 0 amide bonds. The van der Waals surface area contributed by atoms with Gasteiger partial charge in [-0.25, -0.2) is 8.78 Å². The maximum atomic E-state index is 14.0. The Hall–Kier alpha value is -1.85. The van der Waals surface area contributed by atoms with Crippen LogP contribution >= 0.6 is 0 Å². The van der Waals surface area contributed by atoms with Crippen molar-refractivity contribution in [3.05, 3.63) is 29.3 Å². The van der Waals surface area contributed by atoms with Gasteiger partial charge in [-0.05, 0) is 25.0 Å². The molecular formula is C13H17F2N3O. The first-order chi connectivity index (χ1) is 9.04. The van der Waals surface area contributed by atoms with Crippen molar-refractivity contribution in [2.24, 2.45) is 10.9 Å². The maximum Gasteiger partial charge on any atom is 0.170 e. The molecule has 1 aromatic carbocycles. The predicted octanol–water partition coefficient (Wildman–Crippen LogP) is 2.44. The van der Waals surface area contributed by atoms with Crippen molar-refractivity contribution in [1.82, 2.24) is 0 Å². The monoisotopic (exact) mass is 269 g/mol. The summed E-state index contributed by atoms with van der Waals surface area (Å²) in [7, 11) is 1.70. The van der Waals surface area contributed by atoms with Crippen molar-refractivity contribution in [1.29, 1.82) is 0 Å². The van der Waals surface area contributed by atoms with E-state index in [0.29, 0.717) is 0 Å². The Morgan fingerprint density at radius 2 is 1.84 bits per heavy atom. The molecule has 6 heteroatoms. The topological polar surface area (TPSA) is 61.8 Å². The van der Waals surface area contributed by atoms with Crippen molar-refractivity contribution in [3.63, 3.8) is 0 Å². The molecule has 0 bridgehead atoms. The SMILES string of the molecule is CN(c1c(F)cc(C(N)=NO)cc1F)C1CCCC1. The number of rotatable bonds is 3. The van der Waals surface area contributed by atoms with Crippen LogP contribution in [0.2, 0.25) is 0 Å². The molecule has 1 saturated carbocycles. The van der Waals surface area contributed by atoms with E-state index in [0.717, 1.165) is 37.8 Å². The molecule has 3 N–H and O–H groups in total. The Kier molecular flexibility index (Phi) is 3.87. The molecule has 0 aromatic heterocycles. The van der Waals surface area contributed by atoms with E-state index in [-0.39, 0.29) is 23.1 Å². The molecule has 1 aliphatic rings. The van der Waals surface area contributed by atoms with Crippen molar-refractivity contribution >= 4 is 11.5 Å². The first kappa shape index (κ1) is 13.6. The van der Waals surface area contributed by atoms with Crippen LogP contribution in [-0.2, 0) is 0 Å². The quantitative estimate of drug-likeness (QED) is 0.383. The van der Waals surface area contributed by atoms with Gasteiger partial charge in [0, 0.05) is 18.7 Å². The number of hydrogen-bond donors (Lipinski definition) is 2. The zero-order valence-electron chi connectivity index (χ0n) is 10.7. The number of halogens is 2. The smallest absolute Gasteiger partial charge is 0.170 e. The summed E-state index contributed by atoms with van der Waals surface area (Å²) < 4.78 is 28.1. The number of amidine groups is 1. The van der Waals surface area contributed by atoms with Crippen LogP contribution in [0.25, 0.3) is 0 Å². The Morgan fingerprint density at radius 3 is 2.32 bits per heavy atom. The largest absolute Gasteiger partial charge is 0.409 e. The van der Waals surface area contributed by atoms with Crippen LogP contribution in [0.1, 0.15) is 31.2 Å². The van der Waals surface area contributed by atoms with Crippen molar-refractivity contribution in [3.8, 4) is 0 Å². The lowest BCUT2D eigenvalue weighted by molar-refractivity contribution is 0.318. The van der Waals surface area contributed by atoms with E-state index in [2.05, 4.69) is 5.16 Å². The summed E-state index contributed by atoms with van der Waals surface area (Å²) >= 11 is 0. The minimum Gasteiger partial charge on any atom is -0.409 e. The van der Waals surface area contributed by atoms with Crippen molar-refractivity contribution in [2.75, 3.05) is 11.9 Å². The number of anilines is 1. The lowest BCUT2D eigenvalue weighted by atomic mass is 10.1. The first-order valence-electron chi connectivity index (χ1n) is 6.24. The minimum atomic E-state index is -0.698. The minimum absolute atomic E-state index is 0.0288. The molecule has 2 rings (SSSR count). The van der Waals surface area contributed by atoms with E-state index in [1.807, 2.05) is 0 Å². The van der Waals surface area contributed by atoms with Gasteiger partial charge in [-0.1, -0.05) is 18.0 Å². The summed E-state index contributed by atoms with van der Waals surface area (Å²) in [5.41, 5.74) is 5.31. The third-order valence-corrected chi connectivity index (χ3v) is 3.65. The highest BCUT2D eigenvalue weighted by Gasteiger charge is 2.25. The lowest BCUT2D eigenvalue weighted by Gasteiger charge is -2.27. The molecule has 1 fully saturated rings. The summed E-state index contributed by atoms with van der Waals surface area (Å²) in [5.74, 6) is -1.71. The molecule has 0 aliphatic heterocycles. The van der Waals surface area contributed by atoms with Crippen LogP contribution in [0.3, 0.4) is 0 Å². The van der Waals surface area contributed by atoms with Crippen LogP contribution < -0.4 is 10.6 Å². The van der Waals surface area contributed by atoms with E-state index in [1.165, 1.54) is 0 Å². The number of nitrogens with two attached hydrogens (primary N) is 1. The number of benzene rings is 1. The van der Waals surface area contributed by atoms with Gasteiger partial charge < -0.3 is 15.8 Å². The third kappa shape index (κ3) is 2.62.